The fraction of sp³-hybridized carbons (Fsp3) is 1.00. The van der Waals surface area contributed by atoms with Gasteiger partial charge in [0.15, 0.2) is 0 Å². The van der Waals surface area contributed by atoms with Gasteiger partial charge >= 0.3 is 0 Å². The van der Waals surface area contributed by atoms with Gasteiger partial charge in [-0.15, -0.1) is 0 Å². The van der Waals surface area contributed by atoms with Crippen LogP contribution in [-0.4, -0.2) is 46.8 Å². The van der Waals surface area contributed by atoms with E-state index in [0.717, 1.165) is 18.5 Å². The first-order valence-electron chi connectivity index (χ1n) is 8.68. The van der Waals surface area contributed by atoms with E-state index in [2.05, 4.69) is 31.0 Å². The number of piperidine rings is 1. The van der Waals surface area contributed by atoms with Crippen molar-refractivity contribution in [1.29, 1.82) is 0 Å². The number of likely N-dealkylation sites (tertiary alicyclic amines) is 1. The molecule has 1 aliphatic heterocycles. The molecule has 0 amide bonds. The fourth-order valence-corrected chi connectivity index (χ4v) is 3.64. The second-order valence-corrected chi connectivity index (χ2v) is 7.46. The van der Waals surface area contributed by atoms with Gasteiger partial charge < -0.3 is 10.4 Å². The highest BCUT2D eigenvalue weighted by atomic mass is 16.3. The van der Waals surface area contributed by atoms with Crippen molar-refractivity contribution >= 4 is 0 Å². The van der Waals surface area contributed by atoms with E-state index in [9.17, 15) is 5.11 Å². The Bertz CT molecular complexity index is 283. The third-order valence-corrected chi connectivity index (χ3v) is 5.25. The van der Waals surface area contributed by atoms with Crippen molar-refractivity contribution in [2.24, 2.45) is 0 Å². The number of hydrogen-bond donors (Lipinski definition) is 2. The summed E-state index contributed by atoms with van der Waals surface area (Å²) < 4.78 is 0. The predicted octanol–water partition coefficient (Wildman–Crippen LogP) is 2.92. The summed E-state index contributed by atoms with van der Waals surface area (Å²) >= 11 is 0. The van der Waals surface area contributed by atoms with Gasteiger partial charge in [-0.25, -0.2) is 0 Å². The molecule has 0 radical (unpaired) electrons. The van der Waals surface area contributed by atoms with E-state index in [1.165, 1.54) is 51.5 Å². The number of aliphatic hydroxyl groups excluding tert-OH is 1. The molecule has 2 N–H and O–H groups in total. The number of nitrogens with one attached hydrogen (secondary N) is 1. The van der Waals surface area contributed by atoms with Crippen LogP contribution in [0.1, 0.15) is 72.1 Å². The number of nitrogens with zero attached hydrogens (tertiary/aromatic N) is 1. The molecule has 3 nitrogen and oxygen atoms in total. The first kappa shape index (κ1) is 16.3. The van der Waals surface area contributed by atoms with Crippen LogP contribution in [0, 0.1) is 0 Å². The van der Waals surface area contributed by atoms with E-state index in [1.54, 1.807) is 0 Å². The molecule has 3 heteroatoms. The van der Waals surface area contributed by atoms with Crippen LogP contribution in [-0.2, 0) is 0 Å². The Balaban J connectivity index is 1.66. The van der Waals surface area contributed by atoms with Gasteiger partial charge in [-0.1, -0.05) is 12.8 Å². The third-order valence-electron chi connectivity index (χ3n) is 5.25. The molecule has 3 atom stereocenters. The lowest BCUT2D eigenvalue weighted by molar-refractivity contribution is 0.0983. The third kappa shape index (κ3) is 4.71. The highest BCUT2D eigenvalue weighted by Crippen LogP contribution is 2.26. The quantitative estimate of drug-likeness (QED) is 0.672. The molecule has 1 aliphatic carbocycles. The monoisotopic (exact) mass is 282 g/mol. The van der Waals surface area contributed by atoms with Gasteiger partial charge in [-0.2, -0.15) is 0 Å². The lowest BCUT2D eigenvalue weighted by Gasteiger charge is -2.39. The van der Waals surface area contributed by atoms with Crippen molar-refractivity contribution in [3.63, 3.8) is 0 Å². The molecule has 0 bridgehead atoms. The van der Waals surface area contributed by atoms with Crippen LogP contribution < -0.4 is 5.32 Å². The van der Waals surface area contributed by atoms with Crippen molar-refractivity contribution in [3.05, 3.63) is 0 Å². The minimum absolute atomic E-state index is 0.0553. The van der Waals surface area contributed by atoms with Gasteiger partial charge in [-0.3, -0.25) is 4.90 Å². The molecule has 0 aromatic rings. The summed E-state index contributed by atoms with van der Waals surface area (Å²) in [6, 6.07) is 2.19. The van der Waals surface area contributed by atoms with E-state index < -0.39 is 0 Å². The van der Waals surface area contributed by atoms with Crippen LogP contribution in [0.4, 0.5) is 0 Å². The molecule has 2 aliphatic rings. The molecular weight excluding hydrogens is 248 g/mol. The van der Waals surface area contributed by atoms with Crippen LogP contribution in [0.25, 0.3) is 0 Å². The summed E-state index contributed by atoms with van der Waals surface area (Å²) in [5.41, 5.74) is -0.0553. The highest BCUT2D eigenvalue weighted by molar-refractivity contribution is 4.92. The molecule has 118 valence electrons. The summed E-state index contributed by atoms with van der Waals surface area (Å²) in [6.45, 7) is 8.43. The lowest BCUT2D eigenvalue weighted by Crippen LogP contribution is -2.47. The molecule has 0 spiro atoms. The van der Waals surface area contributed by atoms with E-state index in [-0.39, 0.29) is 12.1 Å². The molecule has 1 heterocycles. The van der Waals surface area contributed by atoms with Gasteiger partial charge in [0, 0.05) is 23.7 Å². The van der Waals surface area contributed by atoms with Crippen LogP contribution >= 0.6 is 0 Å². The standard InChI is InChI=1S/C17H34N2O/c1-14-7-6-8-15(2)19(14)12-5-4-11-17(3,13-20)18-16-9-10-16/h14-16,18,20H,4-13H2,1-3H3. The van der Waals surface area contributed by atoms with E-state index >= 15 is 0 Å². The number of rotatable bonds is 8. The zero-order valence-corrected chi connectivity index (χ0v) is 13.7. The smallest absolute Gasteiger partial charge is 0.0610 e. The van der Waals surface area contributed by atoms with E-state index in [1.807, 2.05) is 0 Å². The maximum atomic E-state index is 9.62. The summed E-state index contributed by atoms with van der Waals surface area (Å²) in [7, 11) is 0. The molecule has 1 saturated heterocycles. The molecule has 3 unspecified atom stereocenters. The number of hydrogen-bond acceptors (Lipinski definition) is 3. The molecular formula is C17H34N2O. The second-order valence-electron chi connectivity index (χ2n) is 7.46. The molecule has 20 heavy (non-hydrogen) atoms. The molecule has 2 fully saturated rings. The van der Waals surface area contributed by atoms with Crippen LogP contribution in [0.3, 0.4) is 0 Å². The lowest BCUT2D eigenvalue weighted by atomic mass is 9.94. The Kier molecular flexibility index (Phi) is 5.88. The molecule has 2 rings (SSSR count). The van der Waals surface area contributed by atoms with Crippen molar-refractivity contribution in [2.45, 2.75) is 95.8 Å². The van der Waals surface area contributed by atoms with Gasteiger partial charge in [0.25, 0.3) is 0 Å². The Morgan fingerprint density at radius 1 is 1.10 bits per heavy atom. The van der Waals surface area contributed by atoms with Gasteiger partial charge in [-0.05, 0) is 65.8 Å². The number of aliphatic hydroxyl groups is 1. The largest absolute Gasteiger partial charge is 0.394 e. The molecule has 0 aromatic heterocycles. The van der Waals surface area contributed by atoms with Crippen molar-refractivity contribution < 1.29 is 5.11 Å². The molecule has 1 saturated carbocycles. The van der Waals surface area contributed by atoms with Crippen LogP contribution in [0.2, 0.25) is 0 Å². The summed E-state index contributed by atoms with van der Waals surface area (Å²) in [5, 5.41) is 13.2. The van der Waals surface area contributed by atoms with E-state index in [4.69, 9.17) is 0 Å². The summed E-state index contributed by atoms with van der Waals surface area (Å²) in [5.74, 6) is 0. The first-order valence-corrected chi connectivity index (χ1v) is 8.68. The maximum Gasteiger partial charge on any atom is 0.0610 e. The van der Waals surface area contributed by atoms with Crippen LogP contribution in [0.15, 0.2) is 0 Å². The Morgan fingerprint density at radius 2 is 1.75 bits per heavy atom. The van der Waals surface area contributed by atoms with Gasteiger partial charge in [0.05, 0.1) is 6.61 Å². The summed E-state index contributed by atoms with van der Waals surface area (Å²) in [4.78, 5) is 2.69. The second kappa shape index (κ2) is 7.24. The minimum atomic E-state index is -0.0553. The normalized spacial score (nSPS) is 31.2. The fourth-order valence-electron chi connectivity index (χ4n) is 3.64. The van der Waals surface area contributed by atoms with Crippen molar-refractivity contribution in [3.8, 4) is 0 Å². The summed E-state index contributed by atoms with van der Waals surface area (Å²) in [6.07, 6.45) is 10.3. The zero-order valence-electron chi connectivity index (χ0n) is 13.7. The topological polar surface area (TPSA) is 35.5 Å². The average molecular weight is 282 g/mol. The Morgan fingerprint density at radius 3 is 2.30 bits per heavy atom. The maximum absolute atomic E-state index is 9.62. The van der Waals surface area contributed by atoms with Gasteiger partial charge in [0.1, 0.15) is 0 Å². The predicted molar refractivity (Wildman–Crippen MR) is 85.0 cm³/mol. The Labute approximate surface area is 125 Å². The van der Waals surface area contributed by atoms with Crippen molar-refractivity contribution in [2.75, 3.05) is 13.2 Å². The number of unbranched alkanes of at least 4 members (excludes halogenated alkanes) is 1. The zero-order chi connectivity index (χ0) is 14.6. The van der Waals surface area contributed by atoms with Crippen molar-refractivity contribution in [1.82, 2.24) is 10.2 Å². The molecule has 0 aromatic carbocycles. The Hall–Kier alpha value is -0.120. The van der Waals surface area contributed by atoms with Crippen LogP contribution in [0.5, 0.6) is 0 Å². The highest BCUT2D eigenvalue weighted by Gasteiger charge is 2.31. The average Bonchev–Trinajstić information content (AvgIpc) is 3.21. The SMILES string of the molecule is CC1CCCC(C)N1CCCCC(C)(CO)NC1CC1. The van der Waals surface area contributed by atoms with Gasteiger partial charge in [0.2, 0.25) is 0 Å². The van der Waals surface area contributed by atoms with E-state index in [0.29, 0.717) is 6.04 Å². The first-order chi connectivity index (χ1) is 9.54. The minimum Gasteiger partial charge on any atom is -0.394 e.